The van der Waals surface area contributed by atoms with Crippen molar-refractivity contribution in [3.8, 4) is 0 Å². The van der Waals surface area contributed by atoms with Crippen molar-refractivity contribution < 1.29 is 28.2 Å². The maximum Gasteiger partial charge on any atom is 0.336 e. The van der Waals surface area contributed by atoms with Crippen LogP contribution in [0.4, 0.5) is 4.39 Å². The van der Waals surface area contributed by atoms with E-state index in [0.717, 1.165) is 4.88 Å². The first-order valence-corrected chi connectivity index (χ1v) is 10.9. The molecule has 1 aliphatic carbocycles. The Balaban J connectivity index is 1.92. The lowest BCUT2D eigenvalue weighted by Gasteiger charge is -2.39. The molecule has 2 aromatic rings. The quantitative estimate of drug-likeness (QED) is 0.558. The zero-order valence-corrected chi connectivity index (χ0v) is 18.6. The van der Waals surface area contributed by atoms with Crippen LogP contribution in [-0.4, -0.2) is 31.9 Å². The number of nitrogens with one attached hydrogen (secondary N) is 1. The lowest BCUT2D eigenvalue weighted by atomic mass is 9.68. The first-order chi connectivity index (χ1) is 15.4. The van der Waals surface area contributed by atoms with Gasteiger partial charge in [-0.2, -0.15) is 0 Å². The van der Waals surface area contributed by atoms with E-state index in [0.29, 0.717) is 23.4 Å². The first kappa shape index (κ1) is 22.0. The number of Topliss-reactive ketones (excluding diaryl/α,β-unsaturated/α-hetero) is 1. The molecule has 32 heavy (non-hydrogen) atoms. The van der Waals surface area contributed by atoms with Crippen molar-refractivity contribution in [2.24, 2.45) is 5.92 Å². The van der Waals surface area contributed by atoms with Crippen LogP contribution in [0, 0.1) is 11.7 Å². The Morgan fingerprint density at radius 1 is 1.16 bits per heavy atom. The lowest BCUT2D eigenvalue weighted by Crippen LogP contribution is -2.43. The van der Waals surface area contributed by atoms with Crippen LogP contribution >= 0.6 is 11.3 Å². The SMILES string of the molecule is COC(=O)C1=C(C)NC2=C(C(=O)[C@@H](C(=O)OC)[C@H](c3cccs3)C2)[C@H]1c1cccc(F)c1. The van der Waals surface area contributed by atoms with E-state index in [1.165, 1.54) is 43.8 Å². The third-order valence-corrected chi connectivity index (χ3v) is 6.97. The highest BCUT2D eigenvalue weighted by Gasteiger charge is 2.49. The van der Waals surface area contributed by atoms with Crippen LogP contribution < -0.4 is 5.32 Å². The van der Waals surface area contributed by atoms with E-state index in [-0.39, 0.29) is 11.1 Å². The first-order valence-electron chi connectivity index (χ1n) is 10.1. The minimum absolute atomic E-state index is 0.211. The molecule has 0 fully saturated rings. The fraction of sp³-hybridized carbons (Fsp3) is 0.292. The zero-order valence-electron chi connectivity index (χ0n) is 17.8. The Morgan fingerprint density at radius 3 is 2.56 bits per heavy atom. The number of carbonyl (C=O) groups is 3. The number of dihydropyridines is 1. The molecule has 0 unspecified atom stereocenters. The maximum absolute atomic E-state index is 14.1. The molecule has 1 N–H and O–H groups in total. The summed E-state index contributed by atoms with van der Waals surface area (Å²) in [5, 5.41) is 5.09. The summed E-state index contributed by atoms with van der Waals surface area (Å²) in [5.41, 5.74) is 2.06. The summed E-state index contributed by atoms with van der Waals surface area (Å²) >= 11 is 1.47. The number of benzene rings is 1. The van der Waals surface area contributed by atoms with Gasteiger partial charge in [0.05, 0.1) is 19.8 Å². The van der Waals surface area contributed by atoms with E-state index in [2.05, 4.69) is 5.32 Å². The number of ether oxygens (including phenoxy) is 2. The average molecular weight is 456 g/mol. The predicted molar refractivity (Wildman–Crippen MR) is 116 cm³/mol. The van der Waals surface area contributed by atoms with Gasteiger partial charge < -0.3 is 14.8 Å². The molecule has 3 atom stereocenters. The van der Waals surface area contributed by atoms with Gasteiger partial charge in [0.15, 0.2) is 5.78 Å². The monoisotopic (exact) mass is 455 g/mol. The molecule has 0 spiro atoms. The van der Waals surface area contributed by atoms with Gasteiger partial charge in [0.25, 0.3) is 0 Å². The molecule has 1 aromatic heterocycles. The number of rotatable bonds is 4. The molecular formula is C24H22FNO5S. The minimum Gasteiger partial charge on any atom is -0.468 e. The Kier molecular flexibility index (Phi) is 5.97. The van der Waals surface area contributed by atoms with Gasteiger partial charge in [-0.25, -0.2) is 9.18 Å². The molecule has 0 saturated heterocycles. The van der Waals surface area contributed by atoms with E-state index >= 15 is 0 Å². The molecule has 0 saturated carbocycles. The van der Waals surface area contributed by atoms with Gasteiger partial charge in [0, 0.05) is 33.7 Å². The summed E-state index contributed by atoms with van der Waals surface area (Å²) < 4.78 is 24.1. The van der Waals surface area contributed by atoms with Crippen molar-refractivity contribution in [1.82, 2.24) is 5.32 Å². The summed E-state index contributed by atoms with van der Waals surface area (Å²) in [6, 6.07) is 9.53. The Bertz CT molecular complexity index is 1150. The molecule has 1 aromatic carbocycles. The van der Waals surface area contributed by atoms with Crippen LogP contribution in [0.1, 0.15) is 35.6 Å². The maximum atomic E-state index is 14.1. The number of hydrogen-bond donors (Lipinski definition) is 1. The molecule has 0 radical (unpaired) electrons. The molecule has 166 valence electrons. The molecule has 4 rings (SSSR count). The van der Waals surface area contributed by atoms with Crippen molar-refractivity contribution in [1.29, 1.82) is 0 Å². The molecule has 2 aliphatic rings. The fourth-order valence-corrected chi connectivity index (χ4v) is 5.47. The van der Waals surface area contributed by atoms with Gasteiger partial charge in [-0.1, -0.05) is 18.2 Å². The third-order valence-electron chi connectivity index (χ3n) is 5.97. The Hall–Kier alpha value is -3.26. The number of esters is 2. The molecule has 8 heteroatoms. The molecule has 0 amide bonds. The Morgan fingerprint density at radius 2 is 1.94 bits per heavy atom. The van der Waals surface area contributed by atoms with Gasteiger partial charge in [-0.05, 0) is 42.5 Å². The second kappa shape index (κ2) is 8.70. The van der Waals surface area contributed by atoms with Crippen LogP contribution in [0.25, 0.3) is 0 Å². The van der Waals surface area contributed by atoms with Gasteiger partial charge in [-0.3, -0.25) is 9.59 Å². The van der Waals surface area contributed by atoms with E-state index in [9.17, 15) is 18.8 Å². The fourth-order valence-electron chi connectivity index (χ4n) is 4.60. The number of carbonyl (C=O) groups excluding carboxylic acids is 3. The van der Waals surface area contributed by atoms with Crippen molar-refractivity contribution in [3.05, 3.63) is 80.6 Å². The number of hydrogen-bond acceptors (Lipinski definition) is 7. The highest BCUT2D eigenvalue weighted by atomic mass is 32.1. The summed E-state index contributed by atoms with van der Waals surface area (Å²) in [4.78, 5) is 40.2. The second-order valence-electron chi connectivity index (χ2n) is 7.73. The second-order valence-corrected chi connectivity index (χ2v) is 8.71. The summed E-state index contributed by atoms with van der Waals surface area (Å²) in [7, 11) is 2.50. The minimum atomic E-state index is -1.06. The van der Waals surface area contributed by atoms with E-state index in [1.807, 2.05) is 17.5 Å². The van der Waals surface area contributed by atoms with Crippen molar-refractivity contribution in [2.75, 3.05) is 14.2 Å². The largest absolute Gasteiger partial charge is 0.468 e. The highest BCUT2D eigenvalue weighted by molar-refractivity contribution is 7.10. The molecule has 2 heterocycles. The molecule has 1 aliphatic heterocycles. The topological polar surface area (TPSA) is 81.7 Å². The average Bonchev–Trinajstić information content (AvgIpc) is 3.32. The van der Waals surface area contributed by atoms with Gasteiger partial charge >= 0.3 is 11.9 Å². The molecule has 6 nitrogen and oxygen atoms in total. The molecule has 0 bridgehead atoms. The third kappa shape index (κ3) is 3.64. The Labute approximate surface area is 188 Å². The number of halogens is 1. The zero-order chi connectivity index (χ0) is 23.0. The van der Waals surface area contributed by atoms with Crippen LogP contribution in [0.15, 0.2) is 64.3 Å². The van der Waals surface area contributed by atoms with Gasteiger partial charge in [-0.15, -0.1) is 11.3 Å². The number of allylic oxidation sites excluding steroid dienone is 3. The van der Waals surface area contributed by atoms with E-state index in [1.54, 1.807) is 13.0 Å². The van der Waals surface area contributed by atoms with Crippen LogP contribution in [0.2, 0.25) is 0 Å². The van der Waals surface area contributed by atoms with Gasteiger partial charge in [0.1, 0.15) is 11.7 Å². The van der Waals surface area contributed by atoms with E-state index < -0.39 is 41.3 Å². The lowest BCUT2D eigenvalue weighted by molar-refractivity contribution is -0.149. The van der Waals surface area contributed by atoms with Crippen molar-refractivity contribution >= 4 is 29.1 Å². The smallest absolute Gasteiger partial charge is 0.336 e. The van der Waals surface area contributed by atoms with Crippen LogP contribution in [0.3, 0.4) is 0 Å². The van der Waals surface area contributed by atoms with Crippen LogP contribution in [-0.2, 0) is 23.9 Å². The molecular weight excluding hydrogens is 433 g/mol. The predicted octanol–water partition coefficient (Wildman–Crippen LogP) is 3.82. The number of methoxy groups -OCH3 is 2. The van der Waals surface area contributed by atoms with E-state index in [4.69, 9.17) is 9.47 Å². The van der Waals surface area contributed by atoms with Crippen LogP contribution in [0.5, 0.6) is 0 Å². The summed E-state index contributed by atoms with van der Waals surface area (Å²) in [6.45, 7) is 1.72. The summed E-state index contributed by atoms with van der Waals surface area (Å²) in [6.07, 6.45) is 0.374. The highest BCUT2D eigenvalue weighted by Crippen LogP contribution is 2.48. The van der Waals surface area contributed by atoms with Gasteiger partial charge in [0.2, 0.25) is 0 Å². The van der Waals surface area contributed by atoms with Crippen molar-refractivity contribution in [3.63, 3.8) is 0 Å². The van der Waals surface area contributed by atoms with Crippen molar-refractivity contribution in [2.45, 2.75) is 25.2 Å². The number of thiophene rings is 1. The number of ketones is 1. The standard InChI is InChI=1S/C24H22FNO5S/c1-12-18(23(28)30-2)19(13-6-4-7-14(25)10-13)21-16(26-12)11-15(17-8-5-9-32-17)20(22(21)27)24(29)31-3/h4-10,15,19-20,26H,11H2,1-3H3/t15-,19-,20-/m0/s1. The summed E-state index contributed by atoms with van der Waals surface area (Å²) in [5.74, 6) is -4.52. The normalized spacial score (nSPS) is 22.9.